The van der Waals surface area contributed by atoms with Crippen molar-refractivity contribution in [1.29, 1.82) is 0 Å². The van der Waals surface area contributed by atoms with Crippen LogP contribution in [0.4, 0.5) is 0 Å². The van der Waals surface area contributed by atoms with E-state index in [9.17, 15) is 0 Å². The third-order valence-electron chi connectivity index (χ3n) is 3.99. The number of rotatable bonds is 6. The SMILES string of the molecule is CCn1ccc(CNCc2ccn(C3CCCC3)n2)n1. The van der Waals surface area contributed by atoms with Crippen LogP contribution in [0.2, 0.25) is 0 Å². The minimum Gasteiger partial charge on any atom is -0.305 e. The van der Waals surface area contributed by atoms with Crippen LogP contribution in [0.3, 0.4) is 0 Å². The van der Waals surface area contributed by atoms with E-state index in [0.717, 1.165) is 31.0 Å². The van der Waals surface area contributed by atoms with E-state index in [1.54, 1.807) is 0 Å². The van der Waals surface area contributed by atoms with Crippen LogP contribution in [-0.4, -0.2) is 19.6 Å². The van der Waals surface area contributed by atoms with Gasteiger partial charge in [0.15, 0.2) is 0 Å². The molecule has 1 saturated carbocycles. The van der Waals surface area contributed by atoms with Gasteiger partial charge in [-0.05, 0) is 31.9 Å². The van der Waals surface area contributed by atoms with Crippen LogP contribution in [0.25, 0.3) is 0 Å². The molecule has 1 aliphatic carbocycles. The van der Waals surface area contributed by atoms with Crippen LogP contribution in [-0.2, 0) is 19.6 Å². The molecule has 0 amide bonds. The summed E-state index contributed by atoms with van der Waals surface area (Å²) in [6, 6.07) is 4.81. The van der Waals surface area contributed by atoms with Gasteiger partial charge in [-0.25, -0.2) is 0 Å². The maximum absolute atomic E-state index is 4.67. The monoisotopic (exact) mass is 273 g/mol. The molecule has 2 heterocycles. The predicted molar refractivity (Wildman–Crippen MR) is 78.2 cm³/mol. The third-order valence-corrected chi connectivity index (χ3v) is 3.99. The molecule has 2 aromatic heterocycles. The molecule has 1 N–H and O–H groups in total. The summed E-state index contributed by atoms with van der Waals surface area (Å²) in [5.74, 6) is 0. The van der Waals surface area contributed by atoms with E-state index in [-0.39, 0.29) is 0 Å². The highest BCUT2D eigenvalue weighted by atomic mass is 15.3. The average molecular weight is 273 g/mol. The van der Waals surface area contributed by atoms with Gasteiger partial charge in [-0.3, -0.25) is 9.36 Å². The Morgan fingerprint density at radius 3 is 2.50 bits per heavy atom. The molecule has 5 nitrogen and oxygen atoms in total. The predicted octanol–water partition coefficient (Wildman–Crippen LogP) is 2.50. The molecule has 0 spiro atoms. The quantitative estimate of drug-likeness (QED) is 0.879. The second kappa shape index (κ2) is 6.22. The van der Waals surface area contributed by atoms with Crippen molar-refractivity contribution in [3.05, 3.63) is 35.9 Å². The maximum atomic E-state index is 4.67. The molecule has 1 fully saturated rings. The van der Waals surface area contributed by atoms with Crippen molar-refractivity contribution in [2.75, 3.05) is 0 Å². The van der Waals surface area contributed by atoms with Crippen molar-refractivity contribution in [3.63, 3.8) is 0 Å². The molecule has 0 aliphatic heterocycles. The molecule has 3 rings (SSSR count). The molecule has 0 atom stereocenters. The Labute approximate surface area is 120 Å². The lowest BCUT2D eigenvalue weighted by molar-refractivity contribution is 0.460. The lowest BCUT2D eigenvalue weighted by atomic mass is 10.3. The number of aromatic nitrogens is 4. The Morgan fingerprint density at radius 2 is 1.80 bits per heavy atom. The molecule has 0 unspecified atom stereocenters. The van der Waals surface area contributed by atoms with Crippen molar-refractivity contribution < 1.29 is 0 Å². The number of nitrogens with zero attached hydrogens (tertiary/aromatic N) is 4. The van der Waals surface area contributed by atoms with Gasteiger partial charge in [0.25, 0.3) is 0 Å². The average Bonchev–Trinajstić information content (AvgIpc) is 3.20. The second-order valence-electron chi connectivity index (χ2n) is 5.49. The number of hydrogen-bond donors (Lipinski definition) is 1. The topological polar surface area (TPSA) is 47.7 Å². The van der Waals surface area contributed by atoms with Crippen molar-refractivity contribution in [2.45, 2.75) is 58.3 Å². The lowest BCUT2D eigenvalue weighted by Gasteiger charge is -2.08. The molecule has 0 radical (unpaired) electrons. The van der Waals surface area contributed by atoms with Gasteiger partial charge >= 0.3 is 0 Å². The van der Waals surface area contributed by atoms with E-state index in [4.69, 9.17) is 0 Å². The molecule has 2 aromatic rings. The second-order valence-corrected chi connectivity index (χ2v) is 5.49. The van der Waals surface area contributed by atoms with E-state index in [1.165, 1.54) is 25.7 Å². The Balaban J connectivity index is 1.48. The minimum atomic E-state index is 0.629. The van der Waals surface area contributed by atoms with Gasteiger partial charge in [0.1, 0.15) is 0 Å². The van der Waals surface area contributed by atoms with Crippen LogP contribution in [0.5, 0.6) is 0 Å². The standard InChI is InChI=1S/C15H23N5/c1-2-19-9-7-13(17-19)11-16-12-14-8-10-20(18-14)15-5-3-4-6-15/h7-10,15-16H,2-6,11-12H2,1H3. The molecule has 0 bridgehead atoms. The van der Waals surface area contributed by atoms with Gasteiger partial charge in [-0.1, -0.05) is 12.8 Å². The molecule has 5 heteroatoms. The number of hydrogen-bond acceptors (Lipinski definition) is 3. The summed E-state index contributed by atoms with van der Waals surface area (Å²) >= 11 is 0. The van der Waals surface area contributed by atoms with Crippen LogP contribution >= 0.6 is 0 Å². The zero-order valence-corrected chi connectivity index (χ0v) is 12.1. The van der Waals surface area contributed by atoms with Gasteiger partial charge in [0.05, 0.1) is 17.4 Å². The number of nitrogens with one attached hydrogen (secondary N) is 1. The minimum absolute atomic E-state index is 0.629. The fourth-order valence-corrected chi connectivity index (χ4v) is 2.84. The molecule has 0 aromatic carbocycles. The van der Waals surface area contributed by atoms with E-state index < -0.39 is 0 Å². The van der Waals surface area contributed by atoms with Crippen molar-refractivity contribution in [2.24, 2.45) is 0 Å². The first-order chi connectivity index (χ1) is 9.85. The highest BCUT2D eigenvalue weighted by Crippen LogP contribution is 2.28. The van der Waals surface area contributed by atoms with E-state index >= 15 is 0 Å². The van der Waals surface area contributed by atoms with Crippen LogP contribution in [0, 0.1) is 0 Å². The highest BCUT2D eigenvalue weighted by molar-refractivity contribution is 5.02. The fourth-order valence-electron chi connectivity index (χ4n) is 2.84. The Hall–Kier alpha value is -1.62. The smallest absolute Gasteiger partial charge is 0.0762 e. The summed E-state index contributed by atoms with van der Waals surface area (Å²) in [5.41, 5.74) is 2.20. The van der Waals surface area contributed by atoms with Gasteiger partial charge in [-0.2, -0.15) is 10.2 Å². The van der Waals surface area contributed by atoms with Gasteiger partial charge < -0.3 is 5.32 Å². The highest BCUT2D eigenvalue weighted by Gasteiger charge is 2.17. The van der Waals surface area contributed by atoms with Crippen molar-refractivity contribution in [1.82, 2.24) is 24.9 Å². The van der Waals surface area contributed by atoms with E-state index in [2.05, 4.69) is 45.4 Å². The molecule has 0 saturated heterocycles. The molecular formula is C15H23N5. The van der Waals surface area contributed by atoms with Gasteiger partial charge in [0, 0.05) is 32.0 Å². The molecule has 20 heavy (non-hydrogen) atoms. The lowest BCUT2D eigenvalue weighted by Crippen LogP contribution is -2.14. The zero-order valence-electron chi connectivity index (χ0n) is 12.1. The number of aryl methyl sites for hydroxylation is 1. The van der Waals surface area contributed by atoms with Crippen molar-refractivity contribution >= 4 is 0 Å². The summed E-state index contributed by atoms with van der Waals surface area (Å²) in [6.07, 6.45) is 9.40. The first-order valence-corrected chi connectivity index (χ1v) is 7.62. The van der Waals surface area contributed by atoms with Crippen LogP contribution in [0.1, 0.15) is 50.0 Å². The Morgan fingerprint density at radius 1 is 1.10 bits per heavy atom. The van der Waals surface area contributed by atoms with Crippen LogP contribution < -0.4 is 5.32 Å². The summed E-state index contributed by atoms with van der Waals surface area (Å²) in [4.78, 5) is 0. The summed E-state index contributed by atoms with van der Waals surface area (Å²) in [5, 5.41) is 12.5. The van der Waals surface area contributed by atoms with Crippen LogP contribution in [0.15, 0.2) is 24.5 Å². The maximum Gasteiger partial charge on any atom is 0.0762 e. The Kier molecular flexibility index (Phi) is 4.16. The molecule has 1 aliphatic rings. The van der Waals surface area contributed by atoms with Crippen molar-refractivity contribution in [3.8, 4) is 0 Å². The molecule has 108 valence electrons. The first kappa shape index (κ1) is 13.4. The Bertz CT molecular complexity index is 536. The van der Waals surface area contributed by atoms with E-state index in [0.29, 0.717) is 6.04 Å². The summed E-state index contributed by atoms with van der Waals surface area (Å²) in [6.45, 7) is 4.62. The van der Waals surface area contributed by atoms with E-state index in [1.807, 2.05) is 10.9 Å². The first-order valence-electron chi connectivity index (χ1n) is 7.62. The van der Waals surface area contributed by atoms with Gasteiger partial charge in [0.2, 0.25) is 0 Å². The fraction of sp³-hybridized carbons (Fsp3) is 0.600. The largest absolute Gasteiger partial charge is 0.305 e. The van der Waals surface area contributed by atoms with Gasteiger partial charge in [-0.15, -0.1) is 0 Å². The molecular weight excluding hydrogens is 250 g/mol. The normalized spacial score (nSPS) is 16.1. The summed E-state index contributed by atoms with van der Waals surface area (Å²) in [7, 11) is 0. The zero-order chi connectivity index (χ0) is 13.8. The summed E-state index contributed by atoms with van der Waals surface area (Å²) < 4.78 is 4.10. The third kappa shape index (κ3) is 3.10.